The number of nitrogens with one attached hydrogen (secondary N) is 1. The quantitative estimate of drug-likeness (QED) is 0.860. The Kier molecular flexibility index (Phi) is 4.11. The van der Waals surface area contributed by atoms with E-state index in [2.05, 4.69) is 5.32 Å². The zero-order valence-corrected chi connectivity index (χ0v) is 12.4. The van der Waals surface area contributed by atoms with Gasteiger partial charge in [0, 0.05) is 6.54 Å². The van der Waals surface area contributed by atoms with Gasteiger partial charge in [0.1, 0.15) is 12.4 Å². The molecule has 2 aromatic carbocycles. The van der Waals surface area contributed by atoms with E-state index >= 15 is 0 Å². The molecule has 114 valence electrons. The van der Waals surface area contributed by atoms with Gasteiger partial charge in [-0.3, -0.25) is 4.79 Å². The second-order valence-electron chi connectivity index (χ2n) is 5.76. The van der Waals surface area contributed by atoms with Gasteiger partial charge >= 0.3 is 0 Å². The maximum atomic E-state index is 11.8. The lowest BCUT2D eigenvalue weighted by Gasteiger charge is -2.10. The van der Waals surface area contributed by atoms with Crippen LogP contribution in [-0.2, 0) is 17.9 Å². The number of para-hydroxylation sites is 1. The summed E-state index contributed by atoms with van der Waals surface area (Å²) < 4.78 is 5.70. The van der Waals surface area contributed by atoms with Gasteiger partial charge in [-0.05, 0) is 36.1 Å². The van der Waals surface area contributed by atoms with E-state index in [0.717, 1.165) is 29.7 Å². The Labute approximate surface area is 130 Å². The number of nitrogens with two attached hydrogens (primary N) is 1. The predicted molar refractivity (Wildman–Crippen MR) is 85.2 cm³/mol. The maximum absolute atomic E-state index is 11.8. The molecule has 4 heteroatoms. The van der Waals surface area contributed by atoms with E-state index in [4.69, 9.17) is 10.5 Å². The highest BCUT2D eigenvalue weighted by atomic mass is 16.5. The van der Waals surface area contributed by atoms with Gasteiger partial charge in [0.15, 0.2) is 0 Å². The van der Waals surface area contributed by atoms with Gasteiger partial charge in [0.05, 0.1) is 5.54 Å². The van der Waals surface area contributed by atoms with Gasteiger partial charge in [0.25, 0.3) is 0 Å². The molecular formula is C18H20N2O2. The smallest absolute Gasteiger partial charge is 0.240 e. The average molecular weight is 296 g/mol. The maximum Gasteiger partial charge on any atom is 0.240 e. The molecule has 0 heterocycles. The minimum atomic E-state index is -0.608. The van der Waals surface area contributed by atoms with Crippen molar-refractivity contribution < 1.29 is 9.53 Å². The summed E-state index contributed by atoms with van der Waals surface area (Å²) in [5.74, 6) is 0.806. The Balaban J connectivity index is 1.48. The first-order chi connectivity index (χ1) is 10.7. The van der Waals surface area contributed by atoms with Crippen molar-refractivity contribution in [3.63, 3.8) is 0 Å². The number of benzene rings is 2. The Morgan fingerprint density at radius 2 is 1.68 bits per heavy atom. The number of rotatable bonds is 6. The fourth-order valence-electron chi connectivity index (χ4n) is 2.16. The summed E-state index contributed by atoms with van der Waals surface area (Å²) in [6.07, 6.45) is 1.57. The monoisotopic (exact) mass is 296 g/mol. The Hall–Kier alpha value is -2.33. The van der Waals surface area contributed by atoms with Crippen molar-refractivity contribution in [2.24, 2.45) is 5.73 Å². The van der Waals surface area contributed by atoms with E-state index < -0.39 is 5.54 Å². The van der Waals surface area contributed by atoms with Crippen molar-refractivity contribution in [2.45, 2.75) is 31.5 Å². The molecule has 1 aliphatic carbocycles. The largest absolute Gasteiger partial charge is 0.489 e. The van der Waals surface area contributed by atoms with Crippen LogP contribution in [0.25, 0.3) is 0 Å². The lowest BCUT2D eigenvalue weighted by atomic mass is 10.1. The zero-order chi connectivity index (χ0) is 15.4. The molecule has 1 fully saturated rings. The van der Waals surface area contributed by atoms with Crippen molar-refractivity contribution in [2.75, 3.05) is 0 Å². The summed E-state index contributed by atoms with van der Waals surface area (Å²) in [5, 5.41) is 2.88. The van der Waals surface area contributed by atoms with E-state index in [1.54, 1.807) is 0 Å². The van der Waals surface area contributed by atoms with Crippen LogP contribution in [0.3, 0.4) is 0 Å². The SMILES string of the molecule is NC1(C(=O)NCc2ccc(COc3ccccc3)cc2)CC1. The molecule has 0 atom stereocenters. The van der Waals surface area contributed by atoms with Gasteiger partial charge in [-0.15, -0.1) is 0 Å². The van der Waals surface area contributed by atoms with Crippen LogP contribution in [-0.4, -0.2) is 11.4 Å². The van der Waals surface area contributed by atoms with Crippen LogP contribution in [0.4, 0.5) is 0 Å². The van der Waals surface area contributed by atoms with Crippen molar-refractivity contribution >= 4 is 5.91 Å². The van der Waals surface area contributed by atoms with Crippen molar-refractivity contribution in [1.29, 1.82) is 0 Å². The summed E-state index contributed by atoms with van der Waals surface area (Å²) in [7, 11) is 0. The summed E-state index contributed by atoms with van der Waals surface area (Å²) in [6, 6.07) is 17.8. The fourth-order valence-corrected chi connectivity index (χ4v) is 2.16. The molecule has 3 N–H and O–H groups in total. The number of ether oxygens (including phenoxy) is 1. The standard InChI is InChI=1S/C18H20N2O2/c19-18(10-11-18)17(21)20-12-14-6-8-15(9-7-14)13-22-16-4-2-1-3-5-16/h1-9H,10-13,19H2,(H,20,21). The zero-order valence-electron chi connectivity index (χ0n) is 12.4. The van der Waals surface area contributed by atoms with Gasteiger partial charge in [-0.2, -0.15) is 0 Å². The highest BCUT2D eigenvalue weighted by molar-refractivity contribution is 5.88. The molecule has 1 aliphatic rings. The van der Waals surface area contributed by atoms with E-state index in [-0.39, 0.29) is 5.91 Å². The molecule has 0 saturated heterocycles. The van der Waals surface area contributed by atoms with Crippen LogP contribution in [0.5, 0.6) is 5.75 Å². The third-order valence-corrected chi connectivity index (χ3v) is 3.87. The fraction of sp³-hybridized carbons (Fsp3) is 0.278. The number of carbonyl (C=O) groups excluding carboxylic acids is 1. The molecular weight excluding hydrogens is 276 g/mol. The molecule has 0 aromatic heterocycles. The molecule has 3 rings (SSSR count). The summed E-state index contributed by atoms with van der Waals surface area (Å²) in [6.45, 7) is 1.04. The molecule has 22 heavy (non-hydrogen) atoms. The van der Waals surface area contributed by atoms with Crippen LogP contribution >= 0.6 is 0 Å². The van der Waals surface area contributed by atoms with Gasteiger partial charge in [-0.25, -0.2) is 0 Å². The Morgan fingerprint density at radius 3 is 2.32 bits per heavy atom. The molecule has 0 radical (unpaired) electrons. The van der Waals surface area contributed by atoms with Crippen molar-refractivity contribution in [3.05, 3.63) is 65.7 Å². The third kappa shape index (κ3) is 3.65. The van der Waals surface area contributed by atoms with Crippen LogP contribution in [0.2, 0.25) is 0 Å². The first-order valence-electron chi connectivity index (χ1n) is 7.49. The summed E-state index contributed by atoms with van der Waals surface area (Å²) >= 11 is 0. The average Bonchev–Trinajstić information content (AvgIpc) is 3.31. The summed E-state index contributed by atoms with van der Waals surface area (Å²) in [4.78, 5) is 11.8. The van der Waals surface area contributed by atoms with Crippen LogP contribution in [0.15, 0.2) is 54.6 Å². The first kappa shape index (κ1) is 14.6. The lowest BCUT2D eigenvalue weighted by molar-refractivity contribution is -0.123. The molecule has 2 aromatic rings. The number of hydrogen-bond donors (Lipinski definition) is 2. The van der Waals surface area contributed by atoms with E-state index in [1.165, 1.54) is 0 Å². The molecule has 0 aliphatic heterocycles. The Bertz CT molecular complexity index is 634. The summed E-state index contributed by atoms with van der Waals surface area (Å²) in [5.41, 5.74) is 7.39. The molecule has 0 spiro atoms. The lowest BCUT2D eigenvalue weighted by Crippen LogP contribution is -2.42. The molecule has 0 unspecified atom stereocenters. The Morgan fingerprint density at radius 1 is 1.05 bits per heavy atom. The highest BCUT2D eigenvalue weighted by Gasteiger charge is 2.45. The van der Waals surface area contributed by atoms with Crippen LogP contribution in [0, 0.1) is 0 Å². The predicted octanol–water partition coefficient (Wildman–Crippen LogP) is 2.37. The second-order valence-corrected chi connectivity index (χ2v) is 5.76. The number of hydrogen-bond acceptors (Lipinski definition) is 3. The third-order valence-electron chi connectivity index (χ3n) is 3.87. The molecule has 1 saturated carbocycles. The normalized spacial score (nSPS) is 15.1. The second kappa shape index (κ2) is 6.20. The van der Waals surface area contributed by atoms with Gasteiger partial charge < -0.3 is 15.8 Å². The number of carbonyl (C=O) groups is 1. The molecule has 0 bridgehead atoms. The minimum absolute atomic E-state index is 0.0519. The van der Waals surface area contributed by atoms with E-state index in [0.29, 0.717) is 13.2 Å². The molecule has 1 amide bonds. The van der Waals surface area contributed by atoms with E-state index in [1.807, 2.05) is 54.6 Å². The minimum Gasteiger partial charge on any atom is -0.489 e. The highest BCUT2D eigenvalue weighted by Crippen LogP contribution is 2.32. The number of amides is 1. The topological polar surface area (TPSA) is 64.4 Å². The van der Waals surface area contributed by atoms with Crippen LogP contribution < -0.4 is 15.8 Å². The molecule has 4 nitrogen and oxygen atoms in total. The van der Waals surface area contributed by atoms with Crippen LogP contribution in [0.1, 0.15) is 24.0 Å². The van der Waals surface area contributed by atoms with Crippen molar-refractivity contribution in [1.82, 2.24) is 5.32 Å². The van der Waals surface area contributed by atoms with E-state index in [9.17, 15) is 4.79 Å². The first-order valence-corrected chi connectivity index (χ1v) is 7.49. The van der Waals surface area contributed by atoms with Gasteiger partial charge in [0.2, 0.25) is 5.91 Å². The van der Waals surface area contributed by atoms with Crippen molar-refractivity contribution in [3.8, 4) is 5.75 Å². The van der Waals surface area contributed by atoms with Gasteiger partial charge in [-0.1, -0.05) is 42.5 Å².